The molecular formula is C11H10F4N4. The van der Waals surface area contributed by atoms with Gasteiger partial charge in [-0.05, 0) is 6.07 Å². The van der Waals surface area contributed by atoms with Crippen molar-refractivity contribution < 1.29 is 17.6 Å². The molecule has 0 radical (unpaired) electrons. The first-order valence-electron chi connectivity index (χ1n) is 5.28. The summed E-state index contributed by atoms with van der Waals surface area (Å²) in [5, 5.41) is 7.16. The van der Waals surface area contributed by atoms with Crippen LogP contribution in [0.4, 0.5) is 17.6 Å². The summed E-state index contributed by atoms with van der Waals surface area (Å²) in [5.74, 6) is -1.37. The average Bonchev–Trinajstić information content (AvgIpc) is 2.73. The van der Waals surface area contributed by atoms with Crippen molar-refractivity contribution in [2.45, 2.75) is 12.2 Å². The van der Waals surface area contributed by atoms with E-state index in [1.807, 2.05) is 0 Å². The molecule has 8 heteroatoms. The second kappa shape index (κ2) is 4.61. The van der Waals surface area contributed by atoms with Crippen LogP contribution in [0.3, 0.4) is 0 Å². The maximum Gasteiger partial charge on any atom is 0.419 e. The summed E-state index contributed by atoms with van der Waals surface area (Å²) in [6.45, 7) is 0. The van der Waals surface area contributed by atoms with E-state index in [1.54, 1.807) is 0 Å². The number of aromatic nitrogens is 3. The molecule has 0 saturated heterocycles. The van der Waals surface area contributed by atoms with E-state index in [4.69, 9.17) is 5.73 Å². The van der Waals surface area contributed by atoms with E-state index in [0.29, 0.717) is 11.8 Å². The molecule has 19 heavy (non-hydrogen) atoms. The summed E-state index contributed by atoms with van der Waals surface area (Å²) < 4.78 is 53.0. The van der Waals surface area contributed by atoms with E-state index in [9.17, 15) is 17.6 Å². The fourth-order valence-corrected chi connectivity index (χ4v) is 1.75. The normalized spacial score (nSPS) is 13.6. The highest BCUT2D eigenvalue weighted by Gasteiger charge is 2.35. The Bertz CT molecular complexity index is 591. The molecule has 0 spiro atoms. The molecule has 0 bridgehead atoms. The van der Waals surface area contributed by atoms with Gasteiger partial charge in [0, 0.05) is 12.6 Å². The molecular weight excluding hydrogens is 264 g/mol. The summed E-state index contributed by atoms with van der Waals surface area (Å²) in [6, 6.07) is 1.93. The van der Waals surface area contributed by atoms with Crippen molar-refractivity contribution in [2.24, 2.45) is 12.8 Å². The Balaban J connectivity index is 2.50. The van der Waals surface area contributed by atoms with Gasteiger partial charge in [0.1, 0.15) is 5.82 Å². The summed E-state index contributed by atoms with van der Waals surface area (Å²) >= 11 is 0. The summed E-state index contributed by atoms with van der Waals surface area (Å²) in [4.78, 5) is 0. The minimum atomic E-state index is -4.76. The quantitative estimate of drug-likeness (QED) is 0.852. The highest BCUT2D eigenvalue weighted by atomic mass is 19.4. The van der Waals surface area contributed by atoms with Crippen molar-refractivity contribution in [2.75, 3.05) is 0 Å². The molecule has 0 fully saturated rings. The van der Waals surface area contributed by atoms with E-state index < -0.39 is 23.6 Å². The van der Waals surface area contributed by atoms with Crippen LogP contribution in [-0.4, -0.2) is 15.0 Å². The van der Waals surface area contributed by atoms with Crippen molar-refractivity contribution in [1.82, 2.24) is 15.0 Å². The third-order valence-corrected chi connectivity index (χ3v) is 2.74. The number of benzene rings is 1. The van der Waals surface area contributed by atoms with Gasteiger partial charge < -0.3 is 5.73 Å². The predicted molar refractivity (Wildman–Crippen MR) is 58.4 cm³/mol. The van der Waals surface area contributed by atoms with Gasteiger partial charge in [-0.25, -0.2) is 4.39 Å². The Morgan fingerprint density at radius 2 is 2.00 bits per heavy atom. The van der Waals surface area contributed by atoms with Crippen molar-refractivity contribution in [3.8, 4) is 0 Å². The standard InChI is InChI=1S/C11H10F4N4/c1-19-8(5-17-18-19)10(16)6-3-2-4-7(9(6)12)11(13,14)15/h2-5,10H,16H2,1H3. The molecule has 102 valence electrons. The molecule has 1 atom stereocenters. The Labute approximate surface area is 105 Å². The average molecular weight is 274 g/mol. The van der Waals surface area contributed by atoms with Crippen LogP contribution in [0.5, 0.6) is 0 Å². The van der Waals surface area contributed by atoms with Gasteiger partial charge in [0.05, 0.1) is 23.5 Å². The highest BCUT2D eigenvalue weighted by Crippen LogP contribution is 2.34. The highest BCUT2D eigenvalue weighted by molar-refractivity contribution is 5.33. The third-order valence-electron chi connectivity index (χ3n) is 2.74. The Morgan fingerprint density at radius 1 is 1.32 bits per heavy atom. The SMILES string of the molecule is Cn1nncc1C(N)c1cccc(C(F)(F)F)c1F. The molecule has 1 unspecified atom stereocenters. The maximum absolute atomic E-state index is 13.9. The van der Waals surface area contributed by atoms with Crippen LogP contribution in [0.2, 0.25) is 0 Å². The lowest BCUT2D eigenvalue weighted by atomic mass is 10.0. The Kier molecular flexibility index (Phi) is 3.27. The first-order valence-corrected chi connectivity index (χ1v) is 5.28. The van der Waals surface area contributed by atoms with Gasteiger partial charge >= 0.3 is 6.18 Å². The van der Waals surface area contributed by atoms with Crippen LogP contribution in [0.1, 0.15) is 22.9 Å². The molecule has 2 rings (SSSR count). The molecule has 0 saturated carbocycles. The Morgan fingerprint density at radius 3 is 2.53 bits per heavy atom. The lowest BCUT2D eigenvalue weighted by molar-refractivity contribution is -0.140. The molecule has 0 aliphatic rings. The topological polar surface area (TPSA) is 56.7 Å². The number of alkyl halides is 3. The zero-order chi connectivity index (χ0) is 14.2. The lowest BCUT2D eigenvalue weighted by Crippen LogP contribution is -2.19. The number of hydrogen-bond acceptors (Lipinski definition) is 3. The van der Waals surface area contributed by atoms with E-state index in [1.165, 1.54) is 24.0 Å². The van der Waals surface area contributed by atoms with Crippen LogP contribution in [0.15, 0.2) is 24.4 Å². The van der Waals surface area contributed by atoms with Gasteiger partial charge in [0.25, 0.3) is 0 Å². The monoisotopic (exact) mass is 274 g/mol. The van der Waals surface area contributed by atoms with E-state index >= 15 is 0 Å². The number of nitrogens with two attached hydrogens (primary N) is 1. The molecule has 1 aromatic heterocycles. The third kappa shape index (κ3) is 2.43. The summed E-state index contributed by atoms with van der Waals surface area (Å²) in [6.07, 6.45) is -3.48. The van der Waals surface area contributed by atoms with E-state index in [2.05, 4.69) is 10.3 Å². The van der Waals surface area contributed by atoms with Crippen molar-refractivity contribution in [1.29, 1.82) is 0 Å². The van der Waals surface area contributed by atoms with E-state index in [0.717, 1.165) is 6.07 Å². The van der Waals surface area contributed by atoms with Gasteiger partial charge in [0.2, 0.25) is 0 Å². The zero-order valence-electron chi connectivity index (χ0n) is 9.82. The van der Waals surface area contributed by atoms with Crippen molar-refractivity contribution >= 4 is 0 Å². The summed E-state index contributed by atoms with van der Waals surface area (Å²) in [7, 11) is 1.52. The van der Waals surface area contributed by atoms with Crippen LogP contribution in [-0.2, 0) is 13.2 Å². The van der Waals surface area contributed by atoms with Crippen LogP contribution in [0, 0.1) is 5.82 Å². The van der Waals surface area contributed by atoms with Crippen LogP contribution < -0.4 is 5.73 Å². The Hall–Kier alpha value is -1.96. The second-order valence-electron chi connectivity index (χ2n) is 3.97. The molecule has 1 aromatic carbocycles. The fraction of sp³-hybridized carbons (Fsp3) is 0.273. The molecule has 0 amide bonds. The van der Waals surface area contributed by atoms with Gasteiger partial charge in [-0.3, -0.25) is 4.68 Å². The van der Waals surface area contributed by atoms with Crippen LogP contribution in [0.25, 0.3) is 0 Å². The summed E-state index contributed by atoms with van der Waals surface area (Å²) in [5.41, 5.74) is 4.50. The fourth-order valence-electron chi connectivity index (χ4n) is 1.75. The molecule has 0 aliphatic heterocycles. The molecule has 0 aliphatic carbocycles. The minimum absolute atomic E-state index is 0.250. The zero-order valence-corrected chi connectivity index (χ0v) is 9.82. The lowest BCUT2D eigenvalue weighted by Gasteiger charge is -2.16. The van der Waals surface area contributed by atoms with Gasteiger partial charge in [0.15, 0.2) is 0 Å². The molecule has 1 heterocycles. The first-order chi connectivity index (χ1) is 8.82. The number of nitrogens with zero attached hydrogens (tertiary/aromatic N) is 3. The number of rotatable bonds is 2. The number of hydrogen-bond donors (Lipinski definition) is 1. The number of halogens is 4. The van der Waals surface area contributed by atoms with Gasteiger partial charge in [-0.1, -0.05) is 17.3 Å². The molecule has 2 aromatic rings. The minimum Gasteiger partial charge on any atom is -0.319 e. The second-order valence-corrected chi connectivity index (χ2v) is 3.97. The van der Waals surface area contributed by atoms with Crippen molar-refractivity contribution in [3.63, 3.8) is 0 Å². The molecule has 2 N–H and O–H groups in total. The largest absolute Gasteiger partial charge is 0.419 e. The van der Waals surface area contributed by atoms with Crippen molar-refractivity contribution in [3.05, 3.63) is 47.0 Å². The maximum atomic E-state index is 13.9. The first kappa shape index (κ1) is 13.5. The smallest absolute Gasteiger partial charge is 0.319 e. The predicted octanol–water partition coefficient (Wildman–Crippen LogP) is 2.02. The van der Waals surface area contributed by atoms with E-state index in [-0.39, 0.29) is 5.56 Å². The van der Waals surface area contributed by atoms with Gasteiger partial charge in [-0.15, -0.1) is 5.10 Å². The van der Waals surface area contributed by atoms with Gasteiger partial charge in [-0.2, -0.15) is 13.2 Å². The number of aryl methyl sites for hydroxylation is 1. The van der Waals surface area contributed by atoms with Crippen LogP contribution >= 0.6 is 0 Å². The molecule has 4 nitrogen and oxygen atoms in total.